The molecule has 114 valence electrons. The Labute approximate surface area is 122 Å². The summed E-state index contributed by atoms with van der Waals surface area (Å²) in [6.45, 7) is 3.56. The highest BCUT2D eigenvalue weighted by atomic mass is 16.6. The van der Waals surface area contributed by atoms with Crippen molar-refractivity contribution in [3.8, 4) is 0 Å². The minimum absolute atomic E-state index is 0.0952. The number of rotatable bonds is 3. The second-order valence-corrected chi connectivity index (χ2v) is 5.80. The fourth-order valence-electron chi connectivity index (χ4n) is 3.04. The van der Waals surface area contributed by atoms with Gasteiger partial charge in [-0.2, -0.15) is 0 Å². The van der Waals surface area contributed by atoms with Crippen LogP contribution >= 0.6 is 0 Å². The number of amides is 2. The first kappa shape index (κ1) is 13.9. The number of carbonyl (C=O) groups is 2. The summed E-state index contributed by atoms with van der Waals surface area (Å²) < 4.78 is 10.6. The van der Waals surface area contributed by atoms with Gasteiger partial charge in [0.15, 0.2) is 5.60 Å². The molecule has 0 unspecified atom stereocenters. The van der Waals surface area contributed by atoms with E-state index in [9.17, 15) is 9.59 Å². The van der Waals surface area contributed by atoms with E-state index in [2.05, 4.69) is 5.16 Å². The Morgan fingerprint density at radius 3 is 2.95 bits per heavy atom. The maximum absolute atomic E-state index is 12.6. The minimum Gasteiger partial charge on any atom is -0.439 e. The molecule has 0 aliphatic carbocycles. The average Bonchev–Trinajstić information content (AvgIpc) is 3.12. The number of likely N-dealkylation sites (N-methyl/N-ethyl adjacent to an activating group) is 1. The summed E-state index contributed by atoms with van der Waals surface area (Å²) in [6, 6.07) is 0. The van der Waals surface area contributed by atoms with Gasteiger partial charge in [-0.05, 0) is 6.42 Å². The monoisotopic (exact) mass is 293 g/mol. The molecule has 1 spiro atoms. The van der Waals surface area contributed by atoms with Crippen molar-refractivity contribution in [2.45, 2.75) is 31.8 Å². The average molecular weight is 293 g/mol. The molecule has 7 nitrogen and oxygen atoms in total. The van der Waals surface area contributed by atoms with E-state index in [0.717, 1.165) is 6.42 Å². The van der Waals surface area contributed by atoms with Crippen LogP contribution in [0.2, 0.25) is 0 Å². The van der Waals surface area contributed by atoms with Gasteiger partial charge in [0.1, 0.15) is 11.3 Å². The van der Waals surface area contributed by atoms with E-state index in [1.165, 1.54) is 6.20 Å². The van der Waals surface area contributed by atoms with Crippen LogP contribution in [-0.4, -0.2) is 59.2 Å². The van der Waals surface area contributed by atoms with Gasteiger partial charge in [0.2, 0.25) is 0 Å². The van der Waals surface area contributed by atoms with Crippen LogP contribution in [0.5, 0.6) is 0 Å². The Kier molecular flexibility index (Phi) is 3.35. The van der Waals surface area contributed by atoms with E-state index in [1.807, 2.05) is 6.92 Å². The first-order chi connectivity index (χ1) is 10.0. The lowest BCUT2D eigenvalue weighted by molar-refractivity contribution is 0.0552. The highest BCUT2D eigenvalue weighted by Crippen LogP contribution is 2.32. The highest BCUT2D eigenvalue weighted by Gasteiger charge is 2.49. The Morgan fingerprint density at radius 2 is 2.29 bits per heavy atom. The molecule has 1 aromatic heterocycles. The standard InChI is InChI=1S/C14H19N3O4/c1-3-4-11-10(7-15-21-11)12(18)17-6-5-14(9-17)8-16(2)13(19)20-14/h7H,3-6,8-9H2,1-2H3/t14-/m1/s1. The van der Waals surface area contributed by atoms with Crippen LogP contribution in [0.15, 0.2) is 10.7 Å². The van der Waals surface area contributed by atoms with E-state index < -0.39 is 5.60 Å². The van der Waals surface area contributed by atoms with Gasteiger partial charge in [0.05, 0.1) is 19.3 Å². The van der Waals surface area contributed by atoms with Gasteiger partial charge < -0.3 is 19.1 Å². The number of ether oxygens (including phenoxy) is 1. The zero-order chi connectivity index (χ0) is 15.0. The summed E-state index contributed by atoms with van der Waals surface area (Å²) in [6.07, 6.45) is 3.41. The van der Waals surface area contributed by atoms with Crippen molar-refractivity contribution in [2.24, 2.45) is 0 Å². The second kappa shape index (κ2) is 5.05. The van der Waals surface area contributed by atoms with Crippen molar-refractivity contribution in [1.29, 1.82) is 0 Å². The SMILES string of the molecule is CCCc1oncc1C(=O)N1CC[C@@]2(CN(C)C(=O)O2)C1. The predicted octanol–water partition coefficient (Wildman–Crippen LogP) is 1.29. The zero-order valence-corrected chi connectivity index (χ0v) is 12.3. The molecule has 2 amide bonds. The number of aromatic nitrogens is 1. The topological polar surface area (TPSA) is 75.9 Å². The Balaban J connectivity index is 1.73. The minimum atomic E-state index is -0.552. The van der Waals surface area contributed by atoms with Crippen molar-refractivity contribution >= 4 is 12.0 Å². The van der Waals surface area contributed by atoms with Crippen LogP contribution in [0.25, 0.3) is 0 Å². The van der Waals surface area contributed by atoms with Gasteiger partial charge in [-0.3, -0.25) is 4.79 Å². The Morgan fingerprint density at radius 1 is 1.48 bits per heavy atom. The van der Waals surface area contributed by atoms with Gasteiger partial charge >= 0.3 is 6.09 Å². The summed E-state index contributed by atoms with van der Waals surface area (Å²) in [4.78, 5) is 27.4. The lowest BCUT2D eigenvalue weighted by Crippen LogP contribution is -2.39. The third kappa shape index (κ3) is 2.36. The molecule has 2 saturated heterocycles. The van der Waals surface area contributed by atoms with E-state index in [0.29, 0.717) is 43.8 Å². The summed E-state index contributed by atoms with van der Waals surface area (Å²) >= 11 is 0. The summed E-state index contributed by atoms with van der Waals surface area (Å²) in [7, 11) is 1.71. The van der Waals surface area contributed by atoms with Crippen molar-refractivity contribution in [3.05, 3.63) is 17.5 Å². The smallest absolute Gasteiger partial charge is 0.410 e. The van der Waals surface area contributed by atoms with Gasteiger partial charge in [-0.1, -0.05) is 12.1 Å². The van der Waals surface area contributed by atoms with Crippen molar-refractivity contribution in [3.63, 3.8) is 0 Å². The first-order valence-corrected chi connectivity index (χ1v) is 7.21. The van der Waals surface area contributed by atoms with Gasteiger partial charge in [0, 0.05) is 26.4 Å². The van der Waals surface area contributed by atoms with E-state index >= 15 is 0 Å². The first-order valence-electron chi connectivity index (χ1n) is 7.21. The quantitative estimate of drug-likeness (QED) is 0.839. The van der Waals surface area contributed by atoms with Crippen molar-refractivity contribution in [2.75, 3.05) is 26.7 Å². The molecule has 1 atom stereocenters. The molecular weight excluding hydrogens is 274 g/mol. The molecule has 0 bridgehead atoms. The number of nitrogens with zero attached hydrogens (tertiary/aromatic N) is 3. The van der Waals surface area contributed by atoms with E-state index in [-0.39, 0.29) is 12.0 Å². The van der Waals surface area contributed by atoms with Gasteiger partial charge in [-0.25, -0.2) is 4.79 Å². The zero-order valence-electron chi connectivity index (χ0n) is 12.3. The number of likely N-dealkylation sites (tertiary alicyclic amines) is 1. The molecule has 3 rings (SSSR count). The van der Waals surface area contributed by atoms with Crippen LogP contribution in [-0.2, 0) is 11.2 Å². The predicted molar refractivity (Wildman–Crippen MR) is 72.9 cm³/mol. The van der Waals surface area contributed by atoms with E-state index in [1.54, 1.807) is 16.8 Å². The van der Waals surface area contributed by atoms with Crippen LogP contribution in [0, 0.1) is 0 Å². The maximum atomic E-state index is 12.6. The lowest BCUT2D eigenvalue weighted by atomic mass is 10.0. The summed E-state index contributed by atoms with van der Waals surface area (Å²) in [5, 5.41) is 3.73. The molecule has 21 heavy (non-hydrogen) atoms. The largest absolute Gasteiger partial charge is 0.439 e. The molecule has 0 radical (unpaired) electrons. The molecule has 0 saturated carbocycles. The normalized spacial score (nSPS) is 25.0. The highest BCUT2D eigenvalue weighted by molar-refractivity contribution is 5.95. The molecule has 3 heterocycles. The summed E-state index contributed by atoms with van der Waals surface area (Å²) in [5.41, 5.74) is -0.0320. The maximum Gasteiger partial charge on any atom is 0.410 e. The fourth-order valence-corrected chi connectivity index (χ4v) is 3.04. The van der Waals surface area contributed by atoms with Crippen molar-refractivity contribution in [1.82, 2.24) is 15.0 Å². The van der Waals surface area contributed by atoms with Crippen LogP contribution in [0.4, 0.5) is 4.79 Å². The third-order valence-corrected chi connectivity index (χ3v) is 4.10. The van der Waals surface area contributed by atoms with E-state index in [4.69, 9.17) is 9.26 Å². The lowest BCUT2D eigenvalue weighted by Gasteiger charge is -2.21. The number of aryl methyl sites for hydroxylation is 1. The molecule has 7 heteroatoms. The van der Waals surface area contributed by atoms with Gasteiger partial charge in [-0.15, -0.1) is 0 Å². The molecule has 2 aliphatic rings. The fraction of sp³-hybridized carbons (Fsp3) is 0.643. The van der Waals surface area contributed by atoms with Crippen molar-refractivity contribution < 1.29 is 18.8 Å². The van der Waals surface area contributed by atoms with Crippen LogP contribution in [0.3, 0.4) is 0 Å². The Bertz CT molecular complexity index is 570. The molecule has 0 N–H and O–H groups in total. The van der Waals surface area contributed by atoms with Crippen LogP contribution in [0.1, 0.15) is 35.9 Å². The Hall–Kier alpha value is -2.05. The molecule has 0 aromatic carbocycles. The summed E-state index contributed by atoms with van der Waals surface area (Å²) in [5.74, 6) is 0.533. The number of hydrogen-bond acceptors (Lipinski definition) is 5. The third-order valence-electron chi connectivity index (χ3n) is 4.10. The number of carbonyl (C=O) groups excluding carboxylic acids is 2. The van der Waals surface area contributed by atoms with Crippen LogP contribution < -0.4 is 0 Å². The molecular formula is C14H19N3O4. The second-order valence-electron chi connectivity index (χ2n) is 5.80. The number of hydrogen-bond donors (Lipinski definition) is 0. The van der Waals surface area contributed by atoms with Gasteiger partial charge in [0.25, 0.3) is 5.91 Å². The molecule has 1 aromatic rings. The molecule has 2 aliphatic heterocycles. The molecule has 2 fully saturated rings.